The number of hydrogen-bond acceptors (Lipinski definition) is 4. The maximum atomic E-state index is 5.91. The molecule has 2 aromatic rings. The van der Waals surface area contributed by atoms with E-state index in [1.165, 1.54) is 0 Å². The van der Waals surface area contributed by atoms with Crippen LogP contribution in [0.25, 0.3) is 0 Å². The third-order valence-corrected chi connectivity index (χ3v) is 3.61. The van der Waals surface area contributed by atoms with Crippen molar-refractivity contribution in [2.75, 3.05) is 5.73 Å². The van der Waals surface area contributed by atoms with Gasteiger partial charge < -0.3 is 10.5 Å². The summed E-state index contributed by atoms with van der Waals surface area (Å²) >= 11 is 9.32. The van der Waals surface area contributed by atoms with E-state index in [-0.39, 0.29) is 0 Å². The van der Waals surface area contributed by atoms with Crippen LogP contribution in [-0.2, 0) is 6.42 Å². The van der Waals surface area contributed by atoms with Crippen molar-refractivity contribution in [3.63, 3.8) is 0 Å². The number of nitrogens with two attached hydrogens (primary N) is 1. The van der Waals surface area contributed by atoms with Crippen LogP contribution in [0.3, 0.4) is 0 Å². The predicted molar refractivity (Wildman–Crippen MR) is 84.4 cm³/mol. The molecule has 6 heteroatoms. The molecule has 20 heavy (non-hydrogen) atoms. The Morgan fingerprint density at radius 3 is 2.75 bits per heavy atom. The number of rotatable bonds is 4. The molecule has 106 valence electrons. The molecule has 1 heterocycles. The topological polar surface area (TPSA) is 61.0 Å². The predicted octanol–water partition coefficient (Wildman–Crippen LogP) is 4.53. The van der Waals surface area contributed by atoms with E-state index in [0.717, 1.165) is 22.9 Å². The Morgan fingerprint density at radius 1 is 1.35 bits per heavy atom. The van der Waals surface area contributed by atoms with Crippen LogP contribution in [-0.4, -0.2) is 9.97 Å². The van der Waals surface area contributed by atoms with Gasteiger partial charge in [0.2, 0.25) is 5.88 Å². The van der Waals surface area contributed by atoms with Gasteiger partial charge in [-0.1, -0.05) is 18.5 Å². The fourth-order valence-electron chi connectivity index (χ4n) is 1.66. The lowest BCUT2D eigenvalue weighted by molar-refractivity contribution is 0.452. The van der Waals surface area contributed by atoms with Crippen molar-refractivity contribution in [3.05, 3.63) is 39.1 Å². The summed E-state index contributed by atoms with van der Waals surface area (Å²) in [6.07, 6.45) is 1.72. The van der Waals surface area contributed by atoms with Gasteiger partial charge in [0.15, 0.2) is 0 Å². The van der Waals surface area contributed by atoms with E-state index in [2.05, 4.69) is 32.8 Å². The van der Waals surface area contributed by atoms with Gasteiger partial charge in [0.1, 0.15) is 17.4 Å². The molecule has 0 atom stereocenters. The highest BCUT2D eigenvalue weighted by atomic mass is 79.9. The van der Waals surface area contributed by atoms with Gasteiger partial charge in [-0.25, -0.2) is 4.98 Å². The standard InChI is InChI=1S/C14H15BrClN3O/c1-3-4-12-18-13(17)8(2)14(19-12)20-11-6-5-9(16)7-10(11)15/h5-7H,3-4H2,1-2H3,(H2,17,18,19). The van der Waals surface area contributed by atoms with Gasteiger partial charge in [-0.2, -0.15) is 4.98 Å². The molecule has 0 spiro atoms. The molecule has 4 nitrogen and oxygen atoms in total. The van der Waals surface area contributed by atoms with Crippen molar-refractivity contribution >= 4 is 33.3 Å². The zero-order chi connectivity index (χ0) is 14.7. The van der Waals surface area contributed by atoms with Crippen LogP contribution in [0, 0.1) is 6.92 Å². The average Bonchev–Trinajstić information content (AvgIpc) is 2.39. The molecule has 0 bridgehead atoms. The largest absolute Gasteiger partial charge is 0.437 e. The fraction of sp³-hybridized carbons (Fsp3) is 0.286. The molecule has 0 radical (unpaired) electrons. The minimum Gasteiger partial charge on any atom is -0.437 e. The summed E-state index contributed by atoms with van der Waals surface area (Å²) in [5, 5.41) is 0.634. The number of nitrogens with zero attached hydrogens (tertiary/aromatic N) is 2. The molecule has 0 aliphatic carbocycles. The summed E-state index contributed by atoms with van der Waals surface area (Å²) in [5.41, 5.74) is 6.63. The van der Waals surface area contributed by atoms with Gasteiger partial charge in [0.25, 0.3) is 0 Å². The number of aryl methyl sites for hydroxylation is 1. The third-order valence-electron chi connectivity index (χ3n) is 2.76. The van der Waals surface area contributed by atoms with Crippen LogP contribution >= 0.6 is 27.5 Å². The maximum absolute atomic E-state index is 5.91. The Kier molecular flexibility index (Phi) is 4.83. The van der Waals surface area contributed by atoms with Gasteiger partial charge in [-0.3, -0.25) is 0 Å². The number of halogens is 2. The van der Waals surface area contributed by atoms with Crippen LogP contribution < -0.4 is 10.5 Å². The number of aromatic nitrogens is 2. The van der Waals surface area contributed by atoms with Gasteiger partial charge >= 0.3 is 0 Å². The highest BCUT2D eigenvalue weighted by molar-refractivity contribution is 9.10. The second-order valence-electron chi connectivity index (χ2n) is 4.38. The van der Waals surface area contributed by atoms with Crippen LogP contribution in [0.15, 0.2) is 22.7 Å². The van der Waals surface area contributed by atoms with Crippen LogP contribution in [0.5, 0.6) is 11.6 Å². The van der Waals surface area contributed by atoms with Crippen LogP contribution in [0.4, 0.5) is 5.82 Å². The average molecular weight is 357 g/mol. The molecular formula is C14H15BrClN3O. The third kappa shape index (κ3) is 3.41. The SMILES string of the molecule is CCCc1nc(N)c(C)c(Oc2ccc(Cl)cc2Br)n1. The smallest absolute Gasteiger partial charge is 0.227 e. The minimum atomic E-state index is 0.448. The Hall–Kier alpha value is -1.33. The number of anilines is 1. The number of benzene rings is 1. The molecule has 0 unspecified atom stereocenters. The molecular weight excluding hydrogens is 342 g/mol. The zero-order valence-electron chi connectivity index (χ0n) is 11.3. The van der Waals surface area contributed by atoms with Gasteiger partial charge in [0, 0.05) is 11.4 Å². The molecule has 0 amide bonds. The van der Waals surface area contributed by atoms with Crippen LogP contribution in [0.1, 0.15) is 24.7 Å². The Balaban J connectivity index is 2.37. The maximum Gasteiger partial charge on any atom is 0.227 e. The van der Waals surface area contributed by atoms with Crippen molar-refractivity contribution in [1.29, 1.82) is 0 Å². The molecule has 2 rings (SSSR count). The van der Waals surface area contributed by atoms with Crippen molar-refractivity contribution in [2.45, 2.75) is 26.7 Å². The van der Waals surface area contributed by atoms with E-state index in [1.54, 1.807) is 18.2 Å². The van der Waals surface area contributed by atoms with Gasteiger partial charge in [0.05, 0.1) is 10.0 Å². The monoisotopic (exact) mass is 355 g/mol. The normalized spacial score (nSPS) is 10.6. The highest BCUT2D eigenvalue weighted by Gasteiger charge is 2.12. The van der Waals surface area contributed by atoms with E-state index < -0.39 is 0 Å². The molecule has 0 saturated carbocycles. The highest BCUT2D eigenvalue weighted by Crippen LogP contribution is 2.33. The van der Waals surface area contributed by atoms with E-state index in [1.807, 2.05) is 6.92 Å². The molecule has 0 aliphatic rings. The molecule has 0 saturated heterocycles. The van der Waals surface area contributed by atoms with Crippen molar-refractivity contribution in [3.8, 4) is 11.6 Å². The summed E-state index contributed by atoms with van der Waals surface area (Å²) in [4.78, 5) is 8.67. The summed E-state index contributed by atoms with van der Waals surface area (Å²) in [7, 11) is 0. The first-order valence-corrected chi connectivity index (χ1v) is 7.44. The summed E-state index contributed by atoms with van der Waals surface area (Å²) in [5.74, 6) is 2.25. The van der Waals surface area contributed by atoms with Crippen molar-refractivity contribution < 1.29 is 4.74 Å². The number of ether oxygens (including phenoxy) is 1. The first kappa shape index (κ1) is 15.1. The molecule has 0 fully saturated rings. The molecule has 1 aromatic carbocycles. The molecule has 0 aliphatic heterocycles. The zero-order valence-corrected chi connectivity index (χ0v) is 13.6. The van der Waals surface area contributed by atoms with E-state index in [4.69, 9.17) is 22.1 Å². The summed E-state index contributed by atoms with van der Waals surface area (Å²) in [6.45, 7) is 3.90. The van der Waals surface area contributed by atoms with Crippen LogP contribution in [0.2, 0.25) is 5.02 Å². The Morgan fingerprint density at radius 2 is 2.10 bits per heavy atom. The minimum absolute atomic E-state index is 0.448. The van der Waals surface area contributed by atoms with E-state index in [9.17, 15) is 0 Å². The van der Waals surface area contributed by atoms with Gasteiger partial charge in [-0.05, 0) is 47.5 Å². The first-order chi connectivity index (χ1) is 9.51. The van der Waals surface area contributed by atoms with E-state index >= 15 is 0 Å². The fourth-order valence-corrected chi connectivity index (χ4v) is 2.42. The lowest BCUT2D eigenvalue weighted by Gasteiger charge is -2.12. The van der Waals surface area contributed by atoms with Gasteiger partial charge in [-0.15, -0.1) is 0 Å². The molecule has 2 N–H and O–H groups in total. The lowest BCUT2D eigenvalue weighted by atomic mass is 10.3. The molecule has 1 aromatic heterocycles. The van der Waals surface area contributed by atoms with E-state index in [0.29, 0.717) is 28.3 Å². The summed E-state index contributed by atoms with van der Waals surface area (Å²) < 4.78 is 6.59. The quantitative estimate of drug-likeness (QED) is 0.874. The van der Waals surface area contributed by atoms with Crippen molar-refractivity contribution in [1.82, 2.24) is 9.97 Å². The lowest BCUT2D eigenvalue weighted by Crippen LogP contribution is -2.05. The Labute approximate surface area is 131 Å². The Bertz CT molecular complexity index is 634. The van der Waals surface area contributed by atoms with Crippen molar-refractivity contribution in [2.24, 2.45) is 0 Å². The number of hydrogen-bond donors (Lipinski definition) is 1. The summed E-state index contributed by atoms with van der Waals surface area (Å²) in [6, 6.07) is 5.31. The second kappa shape index (κ2) is 6.41. The number of nitrogen functional groups attached to an aromatic ring is 1. The first-order valence-electron chi connectivity index (χ1n) is 6.27. The second-order valence-corrected chi connectivity index (χ2v) is 5.67.